The van der Waals surface area contributed by atoms with E-state index in [0.717, 1.165) is 18.4 Å². The summed E-state index contributed by atoms with van der Waals surface area (Å²) in [5, 5.41) is 0. The number of allylic oxidation sites excluding steroid dienone is 2. The summed E-state index contributed by atoms with van der Waals surface area (Å²) in [4.78, 5) is 0. The van der Waals surface area contributed by atoms with E-state index in [0.29, 0.717) is 6.10 Å². The van der Waals surface area contributed by atoms with Crippen LogP contribution in [0.1, 0.15) is 26.7 Å². The molecule has 0 spiro atoms. The minimum atomic E-state index is 0.126. The Hall–Kier alpha value is -0.560. The molecule has 11 heavy (non-hydrogen) atoms. The van der Waals surface area contributed by atoms with Crippen molar-refractivity contribution in [1.82, 2.24) is 0 Å². The summed E-state index contributed by atoms with van der Waals surface area (Å²) in [5.41, 5.74) is 1.23. The molecule has 62 valence electrons. The van der Waals surface area contributed by atoms with Crippen LogP contribution in [-0.4, -0.2) is 11.7 Å². The van der Waals surface area contributed by atoms with Crippen LogP contribution in [0, 0.1) is 0 Å². The van der Waals surface area contributed by atoms with Crippen LogP contribution < -0.4 is 0 Å². The molecule has 0 aromatic rings. The van der Waals surface area contributed by atoms with Crippen molar-refractivity contribution in [3.05, 3.63) is 24.8 Å². The Morgan fingerprint density at radius 3 is 2.55 bits per heavy atom. The van der Waals surface area contributed by atoms with E-state index in [-0.39, 0.29) is 5.60 Å². The van der Waals surface area contributed by atoms with Crippen molar-refractivity contribution in [2.45, 2.75) is 38.4 Å². The van der Waals surface area contributed by atoms with Gasteiger partial charge in [-0.1, -0.05) is 24.8 Å². The molecule has 0 amide bonds. The Morgan fingerprint density at radius 2 is 2.18 bits per heavy atom. The van der Waals surface area contributed by atoms with E-state index in [9.17, 15) is 0 Å². The number of epoxide rings is 1. The molecule has 0 aromatic heterocycles. The summed E-state index contributed by atoms with van der Waals surface area (Å²) >= 11 is 0. The highest BCUT2D eigenvalue weighted by Gasteiger charge is 2.46. The quantitative estimate of drug-likeness (QED) is 0.445. The van der Waals surface area contributed by atoms with Crippen LogP contribution in [0.2, 0.25) is 0 Å². The molecule has 0 unspecified atom stereocenters. The summed E-state index contributed by atoms with van der Waals surface area (Å²) in [5.74, 6) is 0. The van der Waals surface area contributed by atoms with Crippen LogP contribution in [0.5, 0.6) is 0 Å². The molecule has 1 atom stereocenters. The monoisotopic (exact) mass is 152 g/mol. The Bertz CT molecular complexity index is 179. The minimum Gasteiger partial charge on any atom is -0.367 e. The molecule has 1 fully saturated rings. The molecule has 1 nitrogen and oxygen atoms in total. The molecule has 1 aliphatic heterocycles. The van der Waals surface area contributed by atoms with Crippen molar-refractivity contribution in [2.75, 3.05) is 0 Å². The Kier molecular flexibility index (Phi) is 2.19. The van der Waals surface area contributed by atoms with E-state index in [2.05, 4.69) is 27.0 Å². The molecule has 1 saturated heterocycles. The highest BCUT2D eigenvalue weighted by molar-refractivity contribution is 5.11. The third kappa shape index (κ3) is 2.19. The Balaban J connectivity index is 2.16. The molecule has 1 aliphatic rings. The number of rotatable bonds is 4. The van der Waals surface area contributed by atoms with Crippen molar-refractivity contribution in [3.63, 3.8) is 0 Å². The first-order valence-electron chi connectivity index (χ1n) is 4.04. The van der Waals surface area contributed by atoms with Gasteiger partial charge in [0.1, 0.15) is 0 Å². The fraction of sp³-hybridized carbons (Fsp3) is 0.600. The smallest absolute Gasteiger partial charge is 0.0892 e. The highest BCUT2D eigenvalue weighted by Crippen LogP contribution is 2.38. The second-order valence-corrected chi connectivity index (χ2v) is 3.61. The normalized spacial score (nSPS) is 26.2. The molecular formula is C10H16O. The second kappa shape index (κ2) is 2.82. The summed E-state index contributed by atoms with van der Waals surface area (Å²) in [6, 6.07) is 0. The molecule has 0 bridgehead atoms. The van der Waals surface area contributed by atoms with Crippen LogP contribution in [0.4, 0.5) is 0 Å². The molecular weight excluding hydrogens is 136 g/mol. The van der Waals surface area contributed by atoms with Gasteiger partial charge in [-0.25, -0.2) is 0 Å². The Morgan fingerprint density at radius 1 is 1.64 bits per heavy atom. The summed E-state index contributed by atoms with van der Waals surface area (Å²) in [7, 11) is 0. The van der Waals surface area contributed by atoms with E-state index in [4.69, 9.17) is 4.74 Å². The van der Waals surface area contributed by atoms with Crippen molar-refractivity contribution in [1.29, 1.82) is 0 Å². The van der Waals surface area contributed by atoms with Gasteiger partial charge in [0, 0.05) is 0 Å². The predicted octanol–water partition coefficient (Wildman–Crippen LogP) is 2.69. The number of hydrogen-bond acceptors (Lipinski definition) is 1. The van der Waals surface area contributed by atoms with E-state index in [1.165, 1.54) is 0 Å². The molecule has 0 aliphatic carbocycles. The average Bonchev–Trinajstić information content (AvgIpc) is 2.54. The second-order valence-electron chi connectivity index (χ2n) is 3.61. The third-order valence-electron chi connectivity index (χ3n) is 2.18. The maximum atomic E-state index is 5.42. The van der Waals surface area contributed by atoms with E-state index >= 15 is 0 Å². The fourth-order valence-electron chi connectivity index (χ4n) is 1.16. The van der Waals surface area contributed by atoms with Gasteiger partial charge in [0.2, 0.25) is 0 Å². The standard InChI is InChI=1S/C10H16O/c1-5-8(2)6-7-9-10(3,4)11-9/h5,9H,1-2,6-7H2,3-4H3/t9-/m0/s1. The molecule has 1 heterocycles. The van der Waals surface area contributed by atoms with Crippen molar-refractivity contribution >= 4 is 0 Å². The van der Waals surface area contributed by atoms with Crippen LogP contribution in [0.25, 0.3) is 0 Å². The van der Waals surface area contributed by atoms with Gasteiger partial charge in [-0.2, -0.15) is 0 Å². The van der Waals surface area contributed by atoms with E-state index < -0.39 is 0 Å². The van der Waals surface area contributed by atoms with Gasteiger partial charge in [-0.15, -0.1) is 0 Å². The molecule has 1 rings (SSSR count). The lowest BCUT2D eigenvalue weighted by Crippen LogP contribution is -2.02. The molecule has 0 radical (unpaired) electrons. The largest absolute Gasteiger partial charge is 0.367 e. The van der Waals surface area contributed by atoms with Gasteiger partial charge in [-0.3, -0.25) is 0 Å². The maximum Gasteiger partial charge on any atom is 0.0892 e. The molecule has 0 aromatic carbocycles. The SMILES string of the molecule is C=CC(=C)CC[C@@H]1OC1(C)C. The molecule has 0 N–H and O–H groups in total. The number of ether oxygens (including phenoxy) is 1. The van der Waals surface area contributed by atoms with Crippen LogP contribution in [0.3, 0.4) is 0 Å². The van der Waals surface area contributed by atoms with Crippen molar-refractivity contribution in [2.24, 2.45) is 0 Å². The zero-order valence-electron chi connectivity index (χ0n) is 7.39. The zero-order valence-corrected chi connectivity index (χ0v) is 7.39. The summed E-state index contributed by atoms with van der Waals surface area (Å²) in [6.45, 7) is 11.7. The van der Waals surface area contributed by atoms with Crippen LogP contribution >= 0.6 is 0 Å². The van der Waals surface area contributed by atoms with Crippen molar-refractivity contribution < 1.29 is 4.74 Å². The lowest BCUT2D eigenvalue weighted by molar-refractivity contribution is 0.320. The maximum absolute atomic E-state index is 5.42. The van der Waals surface area contributed by atoms with Gasteiger partial charge in [0.15, 0.2) is 0 Å². The van der Waals surface area contributed by atoms with Gasteiger partial charge < -0.3 is 4.74 Å². The third-order valence-corrected chi connectivity index (χ3v) is 2.18. The van der Waals surface area contributed by atoms with Crippen LogP contribution in [0.15, 0.2) is 24.8 Å². The first-order valence-corrected chi connectivity index (χ1v) is 4.04. The lowest BCUT2D eigenvalue weighted by atomic mass is 10.0. The first kappa shape index (κ1) is 8.54. The number of hydrogen-bond donors (Lipinski definition) is 0. The summed E-state index contributed by atoms with van der Waals surface area (Å²) in [6.07, 6.45) is 4.35. The van der Waals surface area contributed by atoms with Crippen LogP contribution in [-0.2, 0) is 4.74 Å². The highest BCUT2D eigenvalue weighted by atomic mass is 16.6. The minimum absolute atomic E-state index is 0.126. The first-order chi connectivity index (χ1) is 5.06. The van der Waals surface area contributed by atoms with Crippen molar-refractivity contribution in [3.8, 4) is 0 Å². The van der Waals surface area contributed by atoms with Gasteiger partial charge in [-0.05, 0) is 26.7 Å². The van der Waals surface area contributed by atoms with E-state index in [1.807, 2.05) is 6.08 Å². The van der Waals surface area contributed by atoms with Gasteiger partial charge in [0.25, 0.3) is 0 Å². The van der Waals surface area contributed by atoms with Gasteiger partial charge in [0.05, 0.1) is 11.7 Å². The fourth-order valence-corrected chi connectivity index (χ4v) is 1.16. The topological polar surface area (TPSA) is 12.5 Å². The molecule has 1 heteroatoms. The molecule has 0 saturated carbocycles. The van der Waals surface area contributed by atoms with Gasteiger partial charge >= 0.3 is 0 Å². The predicted molar refractivity (Wildman–Crippen MR) is 47.5 cm³/mol. The lowest BCUT2D eigenvalue weighted by Gasteiger charge is -1.97. The Labute approximate surface area is 68.8 Å². The average molecular weight is 152 g/mol. The van der Waals surface area contributed by atoms with E-state index in [1.54, 1.807) is 0 Å². The zero-order chi connectivity index (χ0) is 8.48. The summed E-state index contributed by atoms with van der Waals surface area (Å²) < 4.78 is 5.42.